The van der Waals surface area contributed by atoms with Gasteiger partial charge in [-0.25, -0.2) is 9.18 Å². The fourth-order valence-corrected chi connectivity index (χ4v) is 2.38. The summed E-state index contributed by atoms with van der Waals surface area (Å²) in [4.78, 5) is 23.5. The van der Waals surface area contributed by atoms with Crippen LogP contribution in [0.3, 0.4) is 0 Å². The summed E-state index contributed by atoms with van der Waals surface area (Å²) in [5, 5.41) is 3.71. The van der Waals surface area contributed by atoms with Crippen LogP contribution in [0.1, 0.15) is 5.56 Å². The number of nitrogens with zero attached hydrogens (tertiary/aromatic N) is 3. The van der Waals surface area contributed by atoms with Gasteiger partial charge in [0.2, 0.25) is 0 Å². The van der Waals surface area contributed by atoms with E-state index in [-0.39, 0.29) is 5.69 Å². The van der Waals surface area contributed by atoms with Crippen molar-refractivity contribution < 1.29 is 9.13 Å². The van der Waals surface area contributed by atoms with Crippen LogP contribution in [0, 0.1) is 17.3 Å². The topological polar surface area (TPSA) is 66.1 Å². The number of rotatable bonds is 2. The Bertz CT molecular complexity index is 962. The van der Waals surface area contributed by atoms with Crippen molar-refractivity contribution in [1.29, 1.82) is 0 Å². The summed E-state index contributed by atoms with van der Waals surface area (Å²) in [7, 11) is 1.10. The van der Waals surface area contributed by atoms with Crippen molar-refractivity contribution in [3.8, 4) is 22.9 Å². The third-order valence-corrected chi connectivity index (χ3v) is 4.03. The van der Waals surface area contributed by atoms with Crippen molar-refractivity contribution in [2.75, 3.05) is 7.11 Å². The van der Waals surface area contributed by atoms with Gasteiger partial charge in [-0.05, 0) is 6.07 Å². The van der Waals surface area contributed by atoms with Gasteiger partial charge in [0.25, 0.3) is 5.56 Å². The standard InChI is InChI=1S/C16H18FN3O3Si/c1-19-15(21)10-18-20(16(19)22)13-9-14(23-2)11(8-12(13)17)6-7-24(3,4)5/h8-10H,1-5H3. The number of hydrogen-bond donors (Lipinski definition) is 0. The average Bonchev–Trinajstić information content (AvgIpc) is 2.51. The number of aromatic nitrogens is 3. The highest BCUT2D eigenvalue weighted by Crippen LogP contribution is 2.24. The molecule has 8 heteroatoms. The van der Waals surface area contributed by atoms with Gasteiger partial charge in [0, 0.05) is 13.1 Å². The Kier molecular flexibility index (Phi) is 4.75. The lowest BCUT2D eigenvalue weighted by atomic mass is 10.2. The molecule has 1 aromatic carbocycles. The first-order valence-electron chi connectivity index (χ1n) is 7.20. The molecule has 0 amide bonds. The molecular formula is C16H18FN3O3Si. The zero-order valence-electron chi connectivity index (χ0n) is 14.2. The van der Waals surface area contributed by atoms with E-state index in [9.17, 15) is 14.0 Å². The molecule has 0 aliphatic rings. The van der Waals surface area contributed by atoms with Gasteiger partial charge in [0.1, 0.15) is 25.7 Å². The van der Waals surface area contributed by atoms with Crippen LogP contribution in [-0.4, -0.2) is 29.5 Å². The Labute approximate surface area is 139 Å². The Morgan fingerprint density at radius 2 is 1.92 bits per heavy atom. The normalized spacial score (nSPS) is 10.9. The van der Waals surface area contributed by atoms with Gasteiger partial charge in [0.15, 0.2) is 5.82 Å². The summed E-state index contributed by atoms with van der Waals surface area (Å²) in [5.74, 6) is 2.60. The Morgan fingerprint density at radius 1 is 1.25 bits per heavy atom. The van der Waals surface area contributed by atoms with Crippen molar-refractivity contribution in [1.82, 2.24) is 14.3 Å². The molecule has 0 atom stereocenters. The van der Waals surface area contributed by atoms with Crippen molar-refractivity contribution in [2.24, 2.45) is 7.05 Å². The van der Waals surface area contributed by atoms with E-state index >= 15 is 0 Å². The van der Waals surface area contributed by atoms with Gasteiger partial charge < -0.3 is 4.74 Å². The fraction of sp³-hybridized carbons (Fsp3) is 0.312. The van der Waals surface area contributed by atoms with Crippen LogP contribution in [0.15, 0.2) is 27.9 Å². The molecule has 2 rings (SSSR count). The molecule has 0 fully saturated rings. The highest BCUT2D eigenvalue weighted by Gasteiger charge is 2.15. The quantitative estimate of drug-likeness (QED) is 0.607. The molecular weight excluding hydrogens is 329 g/mol. The second-order valence-corrected chi connectivity index (χ2v) is 11.0. The molecule has 0 saturated heterocycles. The molecule has 0 aliphatic carbocycles. The molecule has 6 nitrogen and oxygen atoms in total. The van der Waals surface area contributed by atoms with E-state index in [0.717, 1.165) is 15.4 Å². The first kappa shape index (κ1) is 17.7. The lowest BCUT2D eigenvalue weighted by Gasteiger charge is -2.11. The Hall–Kier alpha value is -2.66. The van der Waals surface area contributed by atoms with Crippen molar-refractivity contribution in [3.63, 3.8) is 0 Å². The van der Waals surface area contributed by atoms with E-state index in [1.54, 1.807) is 0 Å². The highest BCUT2D eigenvalue weighted by molar-refractivity contribution is 6.83. The molecule has 126 valence electrons. The lowest BCUT2D eigenvalue weighted by Crippen LogP contribution is -2.38. The maximum atomic E-state index is 14.5. The second-order valence-electron chi connectivity index (χ2n) is 6.24. The van der Waals surface area contributed by atoms with Crippen LogP contribution in [0.5, 0.6) is 5.75 Å². The average molecular weight is 347 g/mol. The zero-order valence-corrected chi connectivity index (χ0v) is 15.2. The van der Waals surface area contributed by atoms with Crippen LogP contribution in [0.2, 0.25) is 19.6 Å². The number of methoxy groups -OCH3 is 1. The molecule has 0 spiro atoms. The largest absolute Gasteiger partial charge is 0.495 e. The van der Waals surface area contributed by atoms with Gasteiger partial charge in [-0.15, -0.1) is 5.54 Å². The summed E-state index contributed by atoms with van der Waals surface area (Å²) in [6.45, 7) is 6.22. The molecule has 0 N–H and O–H groups in total. The molecule has 0 radical (unpaired) electrons. The van der Waals surface area contributed by atoms with Crippen LogP contribution >= 0.6 is 0 Å². The SMILES string of the molecule is COc1cc(-n2ncc(=O)n(C)c2=O)c(F)cc1C#C[Si](C)(C)C. The van der Waals surface area contributed by atoms with Gasteiger partial charge in [-0.3, -0.25) is 9.36 Å². The smallest absolute Gasteiger partial charge is 0.352 e. The van der Waals surface area contributed by atoms with Crippen LogP contribution in [0.4, 0.5) is 4.39 Å². The number of benzene rings is 1. The van der Waals surface area contributed by atoms with E-state index < -0.39 is 25.1 Å². The number of halogens is 1. The molecule has 0 aliphatic heterocycles. The second kappa shape index (κ2) is 6.45. The predicted octanol–water partition coefficient (Wildman–Crippen LogP) is 1.31. The lowest BCUT2D eigenvalue weighted by molar-refractivity contribution is 0.411. The first-order valence-corrected chi connectivity index (χ1v) is 10.7. The zero-order chi connectivity index (χ0) is 18.1. The Morgan fingerprint density at radius 3 is 2.50 bits per heavy atom. The Balaban J connectivity index is 2.67. The summed E-state index contributed by atoms with van der Waals surface area (Å²) in [5.41, 5.74) is 2.12. The minimum absolute atomic E-state index is 0.106. The molecule has 1 heterocycles. The summed E-state index contributed by atoms with van der Waals surface area (Å²) >= 11 is 0. The summed E-state index contributed by atoms with van der Waals surface area (Å²) in [6.07, 6.45) is 0.951. The third kappa shape index (κ3) is 3.63. The number of ether oxygens (including phenoxy) is 1. The maximum absolute atomic E-state index is 14.5. The van der Waals surface area contributed by atoms with Gasteiger partial charge in [-0.2, -0.15) is 9.78 Å². The third-order valence-electron chi connectivity index (χ3n) is 3.15. The molecule has 0 saturated carbocycles. The summed E-state index contributed by atoms with van der Waals surface area (Å²) in [6, 6.07) is 2.56. The van der Waals surface area contributed by atoms with E-state index in [1.165, 1.54) is 26.3 Å². The predicted molar refractivity (Wildman–Crippen MR) is 91.8 cm³/mol. The molecule has 0 bridgehead atoms. The maximum Gasteiger partial charge on any atom is 0.352 e. The van der Waals surface area contributed by atoms with Gasteiger partial charge >= 0.3 is 5.69 Å². The van der Waals surface area contributed by atoms with Crippen LogP contribution < -0.4 is 16.0 Å². The molecule has 2 aromatic rings. The molecule has 24 heavy (non-hydrogen) atoms. The van der Waals surface area contributed by atoms with Crippen LogP contribution in [0.25, 0.3) is 5.69 Å². The van der Waals surface area contributed by atoms with E-state index in [0.29, 0.717) is 11.3 Å². The fourth-order valence-electron chi connectivity index (χ4n) is 1.87. The minimum Gasteiger partial charge on any atom is -0.495 e. The molecule has 1 aromatic heterocycles. The van der Waals surface area contributed by atoms with Crippen molar-refractivity contribution >= 4 is 8.07 Å². The highest BCUT2D eigenvalue weighted by atomic mass is 28.3. The number of hydrogen-bond acceptors (Lipinski definition) is 4. The van der Waals surface area contributed by atoms with E-state index in [1.807, 2.05) is 0 Å². The van der Waals surface area contributed by atoms with E-state index in [4.69, 9.17) is 4.74 Å². The van der Waals surface area contributed by atoms with Gasteiger partial charge in [0.05, 0.1) is 12.7 Å². The van der Waals surface area contributed by atoms with Crippen molar-refractivity contribution in [2.45, 2.75) is 19.6 Å². The summed E-state index contributed by atoms with van der Waals surface area (Å²) < 4.78 is 21.4. The first-order chi connectivity index (χ1) is 11.1. The monoisotopic (exact) mass is 347 g/mol. The van der Waals surface area contributed by atoms with Crippen molar-refractivity contribution in [3.05, 3.63) is 50.5 Å². The van der Waals surface area contributed by atoms with Crippen LogP contribution in [-0.2, 0) is 7.05 Å². The minimum atomic E-state index is -1.64. The molecule has 0 unspecified atom stereocenters. The van der Waals surface area contributed by atoms with Gasteiger partial charge in [-0.1, -0.05) is 25.6 Å². The van der Waals surface area contributed by atoms with E-state index in [2.05, 4.69) is 36.2 Å².